The van der Waals surface area contributed by atoms with Crippen molar-refractivity contribution >= 4 is 29.1 Å². The number of amides is 2. The molecule has 1 heterocycles. The van der Waals surface area contributed by atoms with Gasteiger partial charge in [0.1, 0.15) is 18.4 Å². The fraction of sp³-hybridized carbons (Fsp3) is 0.423. The van der Waals surface area contributed by atoms with Crippen molar-refractivity contribution in [1.82, 2.24) is 25.5 Å². The number of nitrogens with zero attached hydrogens (tertiary/aromatic N) is 5. The van der Waals surface area contributed by atoms with E-state index in [9.17, 15) is 14.0 Å². The lowest BCUT2D eigenvalue weighted by molar-refractivity contribution is -0.127. The van der Waals surface area contributed by atoms with E-state index in [-0.39, 0.29) is 42.0 Å². The van der Waals surface area contributed by atoms with Gasteiger partial charge in [-0.1, -0.05) is 38.3 Å². The second-order valence-corrected chi connectivity index (χ2v) is 9.96. The summed E-state index contributed by atoms with van der Waals surface area (Å²) in [5.74, 6) is -0.447. The Bertz CT molecular complexity index is 1180. The average Bonchev–Trinajstić information content (AvgIpc) is 3.52. The first-order valence-corrected chi connectivity index (χ1v) is 12.6. The number of tetrazole rings is 1. The van der Waals surface area contributed by atoms with Crippen molar-refractivity contribution in [2.75, 3.05) is 4.90 Å². The van der Waals surface area contributed by atoms with Crippen molar-refractivity contribution in [2.24, 2.45) is 5.92 Å². The predicted molar refractivity (Wildman–Crippen MR) is 136 cm³/mol. The van der Waals surface area contributed by atoms with E-state index in [4.69, 9.17) is 11.6 Å². The molecule has 2 aromatic carbocycles. The molecule has 3 aromatic rings. The van der Waals surface area contributed by atoms with E-state index in [0.29, 0.717) is 22.7 Å². The van der Waals surface area contributed by atoms with Crippen LogP contribution in [0.4, 0.5) is 10.1 Å². The molecule has 0 bridgehead atoms. The minimum Gasteiger partial charge on any atom is -0.352 e. The number of carbonyl (C=O) groups excluding carboxylic acids is 2. The van der Waals surface area contributed by atoms with E-state index in [1.165, 1.54) is 21.8 Å². The first-order chi connectivity index (χ1) is 17.3. The number of hydrogen-bond donors (Lipinski definition) is 1. The molecule has 2 amide bonds. The number of aromatic nitrogens is 4. The Morgan fingerprint density at radius 3 is 2.42 bits per heavy atom. The van der Waals surface area contributed by atoms with E-state index in [2.05, 4.69) is 20.7 Å². The maximum atomic E-state index is 13.7. The van der Waals surface area contributed by atoms with Crippen molar-refractivity contribution in [3.05, 3.63) is 59.4 Å². The molecular weight excluding hydrogens is 483 g/mol. The van der Waals surface area contributed by atoms with Crippen LogP contribution in [0.5, 0.6) is 0 Å². The maximum absolute atomic E-state index is 13.7. The zero-order valence-corrected chi connectivity index (χ0v) is 21.2. The van der Waals surface area contributed by atoms with Crippen molar-refractivity contribution in [3.8, 4) is 11.4 Å². The van der Waals surface area contributed by atoms with Gasteiger partial charge in [0, 0.05) is 22.3 Å². The summed E-state index contributed by atoms with van der Waals surface area (Å²) in [6.45, 7) is 3.82. The number of carbonyl (C=O) groups is 2. The first kappa shape index (κ1) is 25.8. The first-order valence-electron chi connectivity index (χ1n) is 12.2. The van der Waals surface area contributed by atoms with Crippen LogP contribution in [0, 0.1) is 11.7 Å². The van der Waals surface area contributed by atoms with Gasteiger partial charge in [-0.25, -0.2) is 4.39 Å². The molecule has 1 aromatic heterocycles. The van der Waals surface area contributed by atoms with Gasteiger partial charge in [-0.15, -0.1) is 10.2 Å². The van der Waals surface area contributed by atoms with Crippen molar-refractivity contribution in [3.63, 3.8) is 0 Å². The van der Waals surface area contributed by atoms with Crippen LogP contribution in [0.25, 0.3) is 11.4 Å². The molecule has 10 heteroatoms. The van der Waals surface area contributed by atoms with Crippen LogP contribution < -0.4 is 10.2 Å². The van der Waals surface area contributed by atoms with Crippen LogP contribution in [0.3, 0.4) is 0 Å². The molecule has 0 spiro atoms. The minimum atomic E-state index is -0.709. The van der Waals surface area contributed by atoms with Gasteiger partial charge in [-0.05, 0) is 78.9 Å². The van der Waals surface area contributed by atoms with E-state index in [0.717, 1.165) is 25.7 Å². The van der Waals surface area contributed by atoms with Gasteiger partial charge < -0.3 is 5.32 Å². The molecule has 1 saturated carbocycles. The maximum Gasteiger partial charge on any atom is 0.251 e. The molecule has 0 aliphatic heterocycles. The zero-order chi connectivity index (χ0) is 25.7. The third kappa shape index (κ3) is 6.46. The molecule has 1 N–H and O–H groups in total. The fourth-order valence-corrected chi connectivity index (χ4v) is 4.59. The summed E-state index contributed by atoms with van der Waals surface area (Å²) in [7, 11) is 0. The van der Waals surface area contributed by atoms with Crippen LogP contribution in [-0.2, 0) is 16.1 Å². The van der Waals surface area contributed by atoms with Crippen molar-refractivity contribution in [1.29, 1.82) is 0 Å². The van der Waals surface area contributed by atoms with Gasteiger partial charge in [0.25, 0.3) is 5.91 Å². The highest BCUT2D eigenvalue weighted by Gasteiger charge is 2.33. The second-order valence-electron chi connectivity index (χ2n) is 9.53. The molecule has 1 aliphatic carbocycles. The Hall–Kier alpha value is -3.33. The van der Waals surface area contributed by atoms with Gasteiger partial charge in [-0.3, -0.25) is 14.5 Å². The van der Waals surface area contributed by atoms with E-state index in [1.807, 2.05) is 13.8 Å². The SMILES string of the molecule is CC(C)C[C@@H](C(=O)NC1CCCC1)N(C(=O)Cn1nnc(-c2ccc(F)cc2)n1)c1ccc(Cl)cc1. The molecule has 36 heavy (non-hydrogen) atoms. The summed E-state index contributed by atoms with van der Waals surface area (Å²) < 4.78 is 13.3. The van der Waals surface area contributed by atoms with Gasteiger partial charge in [0.2, 0.25) is 11.7 Å². The Balaban J connectivity index is 1.61. The van der Waals surface area contributed by atoms with E-state index in [1.54, 1.807) is 36.4 Å². The van der Waals surface area contributed by atoms with Crippen molar-refractivity contribution < 1.29 is 14.0 Å². The van der Waals surface area contributed by atoms with Gasteiger partial charge in [0.15, 0.2) is 0 Å². The topological polar surface area (TPSA) is 93.0 Å². The normalized spacial score (nSPS) is 14.7. The molecule has 1 atom stereocenters. The number of halogens is 2. The molecule has 1 aliphatic rings. The van der Waals surface area contributed by atoms with Crippen LogP contribution in [-0.4, -0.2) is 44.1 Å². The lowest BCUT2D eigenvalue weighted by atomic mass is 10.00. The van der Waals surface area contributed by atoms with Crippen LogP contribution >= 0.6 is 11.6 Å². The zero-order valence-electron chi connectivity index (χ0n) is 20.4. The molecule has 1 fully saturated rings. The molecule has 4 rings (SSSR count). The third-order valence-electron chi connectivity index (χ3n) is 6.22. The lowest BCUT2D eigenvalue weighted by Gasteiger charge is -2.33. The summed E-state index contributed by atoms with van der Waals surface area (Å²) in [5.41, 5.74) is 1.15. The lowest BCUT2D eigenvalue weighted by Crippen LogP contribution is -2.53. The molecular formula is C26H30ClFN6O2. The number of anilines is 1. The van der Waals surface area contributed by atoms with E-state index >= 15 is 0 Å². The average molecular weight is 513 g/mol. The molecule has 8 nitrogen and oxygen atoms in total. The number of rotatable bonds is 9. The Kier molecular flexibility index (Phi) is 8.30. The summed E-state index contributed by atoms with van der Waals surface area (Å²) >= 11 is 6.10. The van der Waals surface area contributed by atoms with Gasteiger partial charge in [-0.2, -0.15) is 4.80 Å². The Morgan fingerprint density at radius 2 is 1.78 bits per heavy atom. The quantitative estimate of drug-likeness (QED) is 0.451. The number of nitrogens with one attached hydrogen (secondary N) is 1. The van der Waals surface area contributed by atoms with Gasteiger partial charge >= 0.3 is 0 Å². The standard InChI is InChI=1S/C26H30ClFN6O2/c1-17(2)15-23(26(36)29-21-5-3-4-6-21)34(22-13-9-19(27)10-14-22)24(35)16-33-31-25(30-32-33)18-7-11-20(28)12-8-18/h7-14,17,21,23H,3-6,15-16H2,1-2H3,(H,29,36)/t23-/m0/s1. The highest BCUT2D eigenvalue weighted by atomic mass is 35.5. The highest BCUT2D eigenvalue weighted by molar-refractivity contribution is 6.30. The minimum absolute atomic E-state index is 0.129. The van der Waals surface area contributed by atoms with Gasteiger partial charge in [0.05, 0.1) is 0 Å². The monoisotopic (exact) mass is 512 g/mol. The summed E-state index contributed by atoms with van der Waals surface area (Å²) in [6.07, 6.45) is 4.56. The Morgan fingerprint density at radius 1 is 1.11 bits per heavy atom. The van der Waals surface area contributed by atoms with Crippen molar-refractivity contribution in [2.45, 2.75) is 64.6 Å². The van der Waals surface area contributed by atoms with Crippen LogP contribution in [0.2, 0.25) is 5.02 Å². The number of benzene rings is 2. The second kappa shape index (κ2) is 11.6. The smallest absolute Gasteiger partial charge is 0.251 e. The third-order valence-corrected chi connectivity index (χ3v) is 6.47. The molecule has 0 unspecified atom stereocenters. The molecule has 0 radical (unpaired) electrons. The van der Waals surface area contributed by atoms with E-state index < -0.39 is 6.04 Å². The largest absolute Gasteiger partial charge is 0.352 e. The molecule has 0 saturated heterocycles. The van der Waals surface area contributed by atoms with Crippen LogP contribution in [0.1, 0.15) is 46.0 Å². The predicted octanol–water partition coefficient (Wildman–Crippen LogP) is 4.64. The van der Waals surface area contributed by atoms with Crippen LogP contribution in [0.15, 0.2) is 48.5 Å². The number of hydrogen-bond acceptors (Lipinski definition) is 5. The fourth-order valence-electron chi connectivity index (χ4n) is 4.47. The molecule has 190 valence electrons. The summed E-state index contributed by atoms with van der Waals surface area (Å²) in [5, 5.41) is 16.0. The summed E-state index contributed by atoms with van der Waals surface area (Å²) in [6, 6.07) is 12.0. The Labute approximate surface area is 214 Å². The highest BCUT2D eigenvalue weighted by Crippen LogP contribution is 2.25. The summed E-state index contributed by atoms with van der Waals surface area (Å²) in [4.78, 5) is 29.9.